The van der Waals surface area contributed by atoms with Crippen molar-refractivity contribution in [3.8, 4) is 5.69 Å². The predicted molar refractivity (Wildman–Crippen MR) is 81.7 cm³/mol. The van der Waals surface area contributed by atoms with Crippen molar-refractivity contribution in [2.45, 2.75) is 26.7 Å². The minimum absolute atomic E-state index is 0.123. The third kappa shape index (κ3) is 2.26. The fourth-order valence-electron chi connectivity index (χ4n) is 2.49. The summed E-state index contributed by atoms with van der Waals surface area (Å²) in [5.74, 6) is -0.344. The van der Waals surface area contributed by atoms with Crippen molar-refractivity contribution in [2.75, 3.05) is 0 Å². The molecule has 0 saturated heterocycles. The Morgan fingerprint density at radius 2 is 1.95 bits per heavy atom. The van der Waals surface area contributed by atoms with Gasteiger partial charge in [-0.1, -0.05) is 13.8 Å². The molecule has 0 radical (unpaired) electrons. The predicted octanol–water partition coefficient (Wildman–Crippen LogP) is 2.75. The first kappa shape index (κ1) is 14.3. The molecule has 0 aromatic carbocycles. The molecule has 3 aromatic rings. The summed E-state index contributed by atoms with van der Waals surface area (Å²) in [5.41, 5.74) is 2.26. The van der Waals surface area contributed by atoms with Crippen LogP contribution in [0.15, 0.2) is 35.5 Å². The number of rotatable bonds is 2. The second-order valence-electron chi connectivity index (χ2n) is 5.46. The summed E-state index contributed by atoms with van der Waals surface area (Å²) >= 11 is 0. The van der Waals surface area contributed by atoms with E-state index in [2.05, 4.69) is 15.0 Å². The van der Waals surface area contributed by atoms with Crippen molar-refractivity contribution < 1.29 is 4.39 Å². The van der Waals surface area contributed by atoms with E-state index in [4.69, 9.17) is 0 Å². The third-order valence-electron chi connectivity index (χ3n) is 3.50. The Balaban J connectivity index is 2.46. The Morgan fingerprint density at radius 3 is 2.68 bits per heavy atom. The number of aromatic nitrogens is 4. The van der Waals surface area contributed by atoms with Crippen LogP contribution in [-0.2, 0) is 0 Å². The van der Waals surface area contributed by atoms with Crippen LogP contribution in [0.1, 0.15) is 31.0 Å². The second-order valence-corrected chi connectivity index (χ2v) is 5.46. The zero-order valence-corrected chi connectivity index (χ0v) is 12.5. The van der Waals surface area contributed by atoms with E-state index in [-0.39, 0.29) is 5.92 Å². The summed E-state index contributed by atoms with van der Waals surface area (Å²) in [6.45, 7) is 5.90. The van der Waals surface area contributed by atoms with E-state index in [9.17, 15) is 9.18 Å². The van der Waals surface area contributed by atoms with E-state index in [0.717, 1.165) is 17.5 Å². The number of aryl methyl sites for hydroxylation is 1. The lowest BCUT2D eigenvalue weighted by atomic mass is 10.0. The Morgan fingerprint density at radius 1 is 1.18 bits per heavy atom. The normalized spacial score (nSPS) is 11.3. The topological polar surface area (TPSA) is 60.7 Å². The average Bonchev–Trinajstić information content (AvgIpc) is 2.48. The Hall–Kier alpha value is -2.63. The van der Waals surface area contributed by atoms with Crippen LogP contribution in [0.25, 0.3) is 16.7 Å². The Bertz CT molecular complexity index is 918. The Labute approximate surface area is 126 Å². The average molecular weight is 298 g/mol. The third-order valence-corrected chi connectivity index (χ3v) is 3.50. The van der Waals surface area contributed by atoms with Gasteiger partial charge in [0, 0.05) is 17.8 Å². The fourth-order valence-corrected chi connectivity index (χ4v) is 2.49. The molecule has 3 rings (SSSR count). The summed E-state index contributed by atoms with van der Waals surface area (Å²) in [6, 6.07) is 3.14. The molecule has 0 aliphatic rings. The van der Waals surface area contributed by atoms with E-state index in [1.165, 1.54) is 16.8 Å². The molecule has 0 N–H and O–H groups in total. The quantitative estimate of drug-likeness (QED) is 0.730. The van der Waals surface area contributed by atoms with Crippen molar-refractivity contribution in [1.29, 1.82) is 0 Å². The van der Waals surface area contributed by atoms with Gasteiger partial charge in [0.15, 0.2) is 0 Å². The van der Waals surface area contributed by atoms with Gasteiger partial charge in [0.2, 0.25) is 0 Å². The molecule has 0 amide bonds. The van der Waals surface area contributed by atoms with Gasteiger partial charge in [-0.15, -0.1) is 0 Å². The molecule has 0 spiro atoms. The highest BCUT2D eigenvalue weighted by Crippen LogP contribution is 2.25. The number of hydrogen-bond donors (Lipinski definition) is 0. The molecule has 5 nitrogen and oxygen atoms in total. The van der Waals surface area contributed by atoms with E-state index in [1.807, 2.05) is 26.8 Å². The molecule has 0 unspecified atom stereocenters. The molecule has 112 valence electrons. The molecule has 0 fully saturated rings. The van der Waals surface area contributed by atoms with E-state index >= 15 is 0 Å². The summed E-state index contributed by atoms with van der Waals surface area (Å²) in [4.78, 5) is 24.6. The van der Waals surface area contributed by atoms with Gasteiger partial charge < -0.3 is 0 Å². The maximum atomic E-state index is 13.4. The minimum Gasteiger partial charge on any atom is -0.259 e. The molecule has 0 atom stereocenters. The van der Waals surface area contributed by atoms with Gasteiger partial charge in [-0.25, -0.2) is 23.7 Å². The summed E-state index contributed by atoms with van der Waals surface area (Å²) in [6.07, 6.45) is 4.15. The number of fused-ring (bicyclic) bond motifs is 1. The first-order valence-electron chi connectivity index (χ1n) is 6.98. The summed E-state index contributed by atoms with van der Waals surface area (Å²) in [5, 5.41) is 0.470. The Kier molecular flexibility index (Phi) is 3.44. The molecule has 0 aliphatic heterocycles. The summed E-state index contributed by atoms with van der Waals surface area (Å²) in [7, 11) is 0. The van der Waals surface area contributed by atoms with Crippen LogP contribution in [-0.4, -0.2) is 19.5 Å². The van der Waals surface area contributed by atoms with E-state index < -0.39 is 11.5 Å². The zero-order chi connectivity index (χ0) is 15.9. The fraction of sp³-hybridized carbons (Fsp3) is 0.250. The van der Waals surface area contributed by atoms with Crippen LogP contribution in [0.5, 0.6) is 0 Å². The van der Waals surface area contributed by atoms with Crippen LogP contribution in [0.3, 0.4) is 0 Å². The highest BCUT2D eigenvalue weighted by atomic mass is 19.1. The highest BCUT2D eigenvalue weighted by Gasteiger charge is 2.17. The van der Waals surface area contributed by atoms with Crippen LogP contribution in [0.2, 0.25) is 0 Å². The zero-order valence-electron chi connectivity index (χ0n) is 12.5. The number of pyridine rings is 2. The molecule has 0 aliphatic carbocycles. The smallest absolute Gasteiger partial charge is 0.259 e. The first-order chi connectivity index (χ1) is 10.5. The summed E-state index contributed by atoms with van der Waals surface area (Å²) < 4.78 is 14.8. The molecule has 3 heterocycles. The highest BCUT2D eigenvalue weighted by molar-refractivity contribution is 5.76. The standard InChI is InChI=1S/C16H15FN4O/c1-9(2)13-14(10(3)4-5-18-13)21-15-11(7-20-16(21)22)6-12(17)8-19-15/h4-9H,1-3H3. The molecule has 22 heavy (non-hydrogen) atoms. The molecular weight excluding hydrogens is 283 g/mol. The van der Waals surface area contributed by atoms with Gasteiger partial charge in [-0.2, -0.15) is 0 Å². The maximum Gasteiger partial charge on any atom is 0.353 e. The minimum atomic E-state index is -0.466. The number of hydrogen-bond acceptors (Lipinski definition) is 4. The molecule has 0 bridgehead atoms. The lowest BCUT2D eigenvalue weighted by Gasteiger charge is -2.16. The molecule has 3 aromatic heterocycles. The lowest BCUT2D eigenvalue weighted by Crippen LogP contribution is -2.24. The van der Waals surface area contributed by atoms with Crippen LogP contribution in [0.4, 0.5) is 4.39 Å². The first-order valence-corrected chi connectivity index (χ1v) is 6.98. The SMILES string of the molecule is Cc1ccnc(C(C)C)c1-n1c(=O)ncc2cc(F)cnc21. The lowest BCUT2D eigenvalue weighted by molar-refractivity contribution is 0.623. The van der Waals surface area contributed by atoms with Crippen molar-refractivity contribution in [3.63, 3.8) is 0 Å². The molecule has 6 heteroatoms. The second kappa shape index (κ2) is 5.29. The van der Waals surface area contributed by atoms with Crippen molar-refractivity contribution in [1.82, 2.24) is 19.5 Å². The van der Waals surface area contributed by atoms with E-state index in [1.54, 1.807) is 6.20 Å². The van der Waals surface area contributed by atoms with Gasteiger partial charge in [-0.05, 0) is 30.5 Å². The van der Waals surface area contributed by atoms with Crippen LogP contribution >= 0.6 is 0 Å². The maximum absolute atomic E-state index is 13.4. The largest absolute Gasteiger partial charge is 0.353 e. The van der Waals surface area contributed by atoms with Crippen LogP contribution in [0, 0.1) is 12.7 Å². The molecule has 0 saturated carbocycles. The van der Waals surface area contributed by atoms with Gasteiger partial charge in [0.05, 0.1) is 17.6 Å². The van der Waals surface area contributed by atoms with Gasteiger partial charge in [0.25, 0.3) is 0 Å². The van der Waals surface area contributed by atoms with Gasteiger partial charge >= 0.3 is 5.69 Å². The number of nitrogens with zero attached hydrogens (tertiary/aromatic N) is 4. The van der Waals surface area contributed by atoms with Gasteiger partial charge in [-0.3, -0.25) is 4.98 Å². The van der Waals surface area contributed by atoms with Crippen molar-refractivity contribution in [3.05, 3.63) is 58.3 Å². The van der Waals surface area contributed by atoms with Crippen LogP contribution < -0.4 is 5.69 Å². The van der Waals surface area contributed by atoms with E-state index in [0.29, 0.717) is 16.7 Å². The van der Waals surface area contributed by atoms with Crippen molar-refractivity contribution in [2.24, 2.45) is 0 Å². The monoisotopic (exact) mass is 298 g/mol. The van der Waals surface area contributed by atoms with Gasteiger partial charge in [0.1, 0.15) is 11.5 Å². The van der Waals surface area contributed by atoms with Crippen molar-refractivity contribution >= 4 is 11.0 Å². The number of halogens is 1. The molecular formula is C16H15FN4O.